The van der Waals surface area contributed by atoms with E-state index in [0.29, 0.717) is 38.5 Å². The maximum atomic E-state index is 14.5. The fourth-order valence-electron chi connectivity index (χ4n) is 9.39. The van der Waals surface area contributed by atoms with Crippen molar-refractivity contribution in [3.8, 4) is 0 Å². The Morgan fingerprint density at radius 3 is 1.48 bits per heavy atom. The van der Waals surface area contributed by atoms with Crippen molar-refractivity contribution in [2.75, 3.05) is 19.8 Å². The van der Waals surface area contributed by atoms with E-state index in [-0.39, 0.29) is 43.6 Å². The molecule has 1 aromatic rings. The Hall–Kier alpha value is -7.42. The van der Waals surface area contributed by atoms with Gasteiger partial charge in [-0.25, -0.2) is 4.79 Å². The highest BCUT2D eigenvalue weighted by molar-refractivity contribution is 5.99. The molecular weight excluding hydrogens is 1130 g/mol. The average Bonchev–Trinajstić information content (AvgIpc) is 3.05. The number of hydrogen-bond donors (Lipinski definition) is 14. The Labute approximate surface area is 512 Å². The largest absolute Gasteiger partial charge is 0.458 e. The van der Waals surface area contributed by atoms with Crippen molar-refractivity contribution in [2.24, 2.45) is 52.0 Å². The first-order chi connectivity index (χ1) is 41.1. The highest BCUT2D eigenvalue weighted by atomic mass is 16.5. The monoisotopic (exact) mass is 1230 g/mol. The minimum absolute atomic E-state index is 0.0201. The molecule has 17 atom stereocenters. The molecule has 0 aliphatic carbocycles. The zero-order valence-corrected chi connectivity index (χ0v) is 53.1. The van der Waals surface area contributed by atoms with Gasteiger partial charge in [-0.3, -0.25) is 52.9 Å². The third-order valence-electron chi connectivity index (χ3n) is 16.4. The van der Waals surface area contributed by atoms with E-state index in [1.807, 2.05) is 51.1 Å². The molecule has 10 amide bonds. The number of carbonyl (C=O) groups is 11. The van der Waals surface area contributed by atoms with Crippen molar-refractivity contribution in [3.63, 3.8) is 0 Å². The molecule has 16 N–H and O–H groups in total. The number of cyclic esters (lactones) is 1. The number of carbonyl (C=O) groups excluding carboxylic acids is 11. The number of guanidine groups is 1. The standard InChI is InChI=1S/C60H101N13O14/c1-14-31(7)43(69-50(77)39(19-6)28-38-24-21-20-22-25-38)54(81)66-41(29-74)52(79)65-40(26-23-27-63-60(61)62)51(78)70-46(34(10)17-4)56(83)71-44(32(8)15-2)55(82)67-42(30-75)53(80)73-48-37(13)87-59(86)47(35(11)18-5)72-57(84)45(33(9)16-3)68-49(76)36(12)64-58(48)85/h20-22,24-25,31-37,39-48,74-75H,14-19,23,26-30H2,1-13H3,(H,64,85)(H,65,79)(H,66,81)(H,67,82)(H,68,76)(H,69,77)(H,70,78)(H,71,83)(H,72,84)(H,73,80)(H4,61,62,63)/t31-,32-,33?,34+,35-,36-,37-,39+,40+,41-,42-,43-,44-,45-,46+,47-,48+/m0/s1. The zero-order chi connectivity index (χ0) is 65.8. The van der Waals surface area contributed by atoms with Gasteiger partial charge in [0, 0.05) is 12.5 Å². The van der Waals surface area contributed by atoms with Crippen LogP contribution in [0.1, 0.15) is 147 Å². The van der Waals surface area contributed by atoms with E-state index in [2.05, 4.69) is 58.2 Å². The number of aliphatic imine (C=N–C) groups is 1. The molecule has 1 heterocycles. The number of benzene rings is 1. The van der Waals surface area contributed by atoms with Crippen LogP contribution in [0.25, 0.3) is 0 Å². The van der Waals surface area contributed by atoms with E-state index in [1.54, 1.807) is 55.4 Å². The van der Waals surface area contributed by atoms with Crippen molar-refractivity contribution in [2.45, 2.75) is 214 Å². The van der Waals surface area contributed by atoms with Crippen molar-refractivity contribution in [1.29, 1.82) is 0 Å². The second kappa shape index (κ2) is 38.0. The topological polar surface area (TPSA) is 422 Å². The van der Waals surface area contributed by atoms with Crippen LogP contribution >= 0.6 is 0 Å². The molecule has 490 valence electrons. The summed E-state index contributed by atoms with van der Waals surface area (Å²) in [7, 11) is 0. The van der Waals surface area contributed by atoms with Crippen LogP contribution in [0.4, 0.5) is 0 Å². The molecule has 0 aromatic heterocycles. The molecule has 87 heavy (non-hydrogen) atoms. The summed E-state index contributed by atoms with van der Waals surface area (Å²) in [5, 5.41) is 47.1. The van der Waals surface area contributed by atoms with Gasteiger partial charge in [-0.05, 0) is 74.7 Å². The van der Waals surface area contributed by atoms with Crippen LogP contribution in [0.3, 0.4) is 0 Å². The molecule has 1 saturated heterocycles. The number of nitrogens with one attached hydrogen (secondary N) is 10. The van der Waals surface area contributed by atoms with Crippen molar-refractivity contribution in [1.82, 2.24) is 53.2 Å². The molecule has 0 saturated carbocycles. The normalized spacial score (nSPS) is 21.6. The fourth-order valence-corrected chi connectivity index (χ4v) is 9.39. The lowest BCUT2D eigenvalue weighted by atomic mass is 9.93. The Kier molecular flexibility index (Phi) is 33.0. The Balaban J connectivity index is 2.44. The van der Waals surface area contributed by atoms with E-state index >= 15 is 0 Å². The summed E-state index contributed by atoms with van der Waals surface area (Å²) in [6.45, 7) is 20.0. The van der Waals surface area contributed by atoms with E-state index in [0.717, 1.165) is 5.56 Å². The van der Waals surface area contributed by atoms with Crippen LogP contribution < -0.4 is 64.6 Å². The van der Waals surface area contributed by atoms with Gasteiger partial charge in [0.2, 0.25) is 59.1 Å². The second-order valence-corrected chi connectivity index (χ2v) is 23.0. The van der Waals surface area contributed by atoms with Crippen LogP contribution in [0.2, 0.25) is 0 Å². The Morgan fingerprint density at radius 2 is 1.00 bits per heavy atom. The molecule has 27 nitrogen and oxygen atoms in total. The number of nitrogens with zero attached hydrogens (tertiary/aromatic N) is 1. The highest BCUT2D eigenvalue weighted by Gasteiger charge is 2.41. The molecule has 0 bridgehead atoms. The van der Waals surface area contributed by atoms with E-state index in [1.165, 1.54) is 13.8 Å². The van der Waals surface area contributed by atoms with E-state index in [4.69, 9.17) is 16.2 Å². The maximum absolute atomic E-state index is 14.5. The van der Waals surface area contributed by atoms with Crippen molar-refractivity contribution < 1.29 is 67.7 Å². The predicted octanol–water partition coefficient (Wildman–Crippen LogP) is -0.663. The molecule has 1 aliphatic rings. The third-order valence-corrected chi connectivity index (χ3v) is 16.4. The molecule has 1 unspecified atom stereocenters. The van der Waals surface area contributed by atoms with Crippen LogP contribution in [0.5, 0.6) is 0 Å². The predicted molar refractivity (Wildman–Crippen MR) is 326 cm³/mol. The number of rotatable bonds is 33. The van der Waals surface area contributed by atoms with Gasteiger partial charge in [0.05, 0.1) is 13.2 Å². The SMILES string of the molecule is CCC(C)[C@@H]1NC(=O)[C@H](C)NC(=O)[C@H](NC(=O)[C@H](CO)NC(=O)[C@@H](NC(=O)[C@H](NC(=O)[C@@H](CCCN=C(N)N)NC(=O)[C@H](CO)NC(=O)[C@@H](NC(=O)[C@H](CC)Cc2ccccc2)[C@@H](C)CC)[C@H](C)CC)[C@@H](C)CC)[C@H](C)OC(=O)[C@H]([C@@H](C)CC)NC1=O. The lowest BCUT2D eigenvalue weighted by Crippen LogP contribution is -2.63. The van der Waals surface area contributed by atoms with Gasteiger partial charge in [0.25, 0.3) is 0 Å². The fraction of sp³-hybridized carbons (Fsp3) is 0.700. The number of esters is 1. The number of aliphatic hydroxyl groups excluding tert-OH is 2. The number of nitrogens with two attached hydrogens (primary N) is 2. The quantitative estimate of drug-likeness (QED) is 0.0180. The minimum atomic E-state index is -1.79. The summed E-state index contributed by atoms with van der Waals surface area (Å²) in [6, 6.07) is -4.64. The molecule has 27 heteroatoms. The van der Waals surface area contributed by atoms with Gasteiger partial charge in [0.1, 0.15) is 66.5 Å². The molecule has 1 fully saturated rings. The molecule has 1 aromatic carbocycles. The van der Waals surface area contributed by atoms with Gasteiger partial charge in [-0.1, -0.05) is 139 Å². The van der Waals surface area contributed by atoms with E-state index in [9.17, 15) is 63.0 Å². The molecule has 1 aliphatic heterocycles. The minimum Gasteiger partial charge on any atom is -0.458 e. The zero-order valence-electron chi connectivity index (χ0n) is 53.1. The molecule has 0 radical (unpaired) electrons. The van der Waals surface area contributed by atoms with Crippen molar-refractivity contribution in [3.05, 3.63) is 35.9 Å². The van der Waals surface area contributed by atoms with Crippen LogP contribution in [0.15, 0.2) is 35.3 Å². The first-order valence-electron chi connectivity index (χ1n) is 30.6. The lowest BCUT2D eigenvalue weighted by Gasteiger charge is -2.31. The smallest absolute Gasteiger partial charge is 0.329 e. The van der Waals surface area contributed by atoms with E-state index < -0.39 is 168 Å². The number of hydrogen-bond acceptors (Lipinski definition) is 15. The second-order valence-electron chi connectivity index (χ2n) is 23.0. The first kappa shape index (κ1) is 75.7. The summed E-state index contributed by atoms with van der Waals surface area (Å²) < 4.78 is 5.73. The van der Waals surface area contributed by atoms with Gasteiger partial charge in [-0.15, -0.1) is 0 Å². The summed E-state index contributed by atoms with van der Waals surface area (Å²) >= 11 is 0. The first-order valence-corrected chi connectivity index (χ1v) is 30.6. The summed E-state index contributed by atoms with van der Waals surface area (Å²) in [6.07, 6.45) is 1.39. The summed E-state index contributed by atoms with van der Waals surface area (Å²) in [5.41, 5.74) is 12.0. The average molecular weight is 1230 g/mol. The number of ether oxygens (including phenoxy) is 1. The maximum Gasteiger partial charge on any atom is 0.329 e. The molecule has 0 spiro atoms. The van der Waals surface area contributed by atoms with Gasteiger partial charge in [-0.2, -0.15) is 0 Å². The summed E-state index contributed by atoms with van der Waals surface area (Å²) in [4.78, 5) is 158. The van der Waals surface area contributed by atoms with Crippen LogP contribution in [0, 0.1) is 35.5 Å². The van der Waals surface area contributed by atoms with Crippen molar-refractivity contribution >= 4 is 71.0 Å². The van der Waals surface area contributed by atoms with Crippen LogP contribution in [-0.4, -0.2) is 167 Å². The number of aliphatic hydroxyl groups is 2. The Bertz CT molecular complexity index is 2480. The van der Waals surface area contributed by atoms with Gasteiger partial charge in [0.15, 0.2) is 5.96 Å². The molecule has 2 rings (SSSR count). The third kappa shape index (κ3) is 23.7. The lowest BCUT2D eigenvalue weighted by molar-refractivity contribution is -0.157. The van der Waals surface area contributed by atoms with Gasteiger partial charge < -0.3 is 79.6 Å². The summed E-state index contributed by atoms with van der Waals surface area (Å²) in [5.74, 6) is -12.5. The number of amides is 10. The van der Waals surface area contributed by atoms with Crippen LogP contribution in [-0.2, 0) is 63.9 Å². The van der Waals surface area contributed by atoms with Gasteiger partial charge >= 0.3 is 5.97 Å². The Morgan fingerprint density at radius 1 is 0.552 bits per heavy atom. The highest BCUT2D eigenvalue weighted by Crippen LogP contribution is 2.19. The molecular formula is C60H101N13O14.